The summed E-state index contributed by atoms with van der Waals surface area (Å²) in [6, 6.07) is 6.57. The summed E-state index contributed by atoms with van der Waals surface area (Å²) in [6.07, 6.45) is 4.82. The highest BCUT2D eigenvalue weighted by Crippen LogP contribution is 2.25. The fourth-order valence-electron chi connectivity index (χ4n) is 3.42. The minimum absolute atomic E-state index is 0. The molecule has 2 atom stereocenters. The molecular formula is C21H31FIN5O. The molecule has 1 aliphatic rings. The van der Waals surface area contributed by atoms with Gasteiger partial charge in [0.05, 0.1) is 18.8 Å². The Morgan fingerprint density at radius 1 is 1.31 bits per heavy atom. The molecule has 1 aromatic heterocycles. The molecule has 2 unspecified atom stereocenters. The number of aryl methyl sites for hydroxylation is 2. The summed E-state index contributed by atoms with van der Waals surface area (Å²) < 4.78 is 21.3. The molecule has 6 nitrogen and oxygen atoms in total. The molecule has 2 heterocycles. The highest BCUT2D eigenvalue weighted by atomic mass is 127. The average molecular weight is 515 g/mol. The van der Waals surface area contributed by atoms with Crippen LogP contribution in [0.25, 0.3) is 0 Å². The minimum Gasteiger partial charge on any atom is -0.367 e. The van der Waals surface area contributed by atoms with Crippen molar-refractivity contribution in [1.29, 1.82) is 0 Å². The topological polar surface area (TPSA) is 54.7 Å². The van der Waals surface area contributed by atoms with Gasteiger partial charge in [-0.05, 0) is 50.5 Å². The number of hydrogen-bond donors (Lipinski definition) is 1. The van der Waals surface area contributed by atoms with Crippen LogP contribution < -0.4 is 5.32 Å². The van der Waals surface area contributed by atoms with Gasteiger partial charge < -0.3 is 15.0 Å². The molecule has 160 valence electrons. The lowest BCUT2D eigenvalue weighted by Crippen LogP contribution is -2.50. The van der Waals surface area contributed by atoms with Gasteiger partial charge in [0.1, 0.15) is 11.9 Å². The van der Waals surface area contributed by atoms with Gasteiger partial charge in [0.25, 0.3) is 0 Å². The van der Waals surface area contributed by atoms with E-state index in [0.29, 0.717) is 6.54 Å². The van der Waals surface area contributed by atoms with Crippen LogP contribution in [0.3, 0.4) is 0 Å². The summed E-state index contributed by atoms with van der Waals surface area (Å²) in [6.45, 7) is 10.0. The van der Waals surface area contributed by atoms with Crippen LogP contribution in [-0.2, 0) is 11.3 Å². The second-order valence-corrected chi connectivity index (χ2v) is 7.26. The highest BCUT2D eigenvalue weighted by molar-refractivity contribution is 14.0. The fourth-order valence-corrected chi connectivity index (χ4v) is 3.42. The Hall–Kier alpha value is -1.68. The van der Waals surface area contributed by atoms with Crippen LogP contribution in [0.5, 0.6) is 0 Å². The molecule has 8 heteroatoms. The van der Waals surface area contributed by atoms with Crippen LogP contribution in [0.1, 0.15) is 37.5 Å². The van der Waals surface area contributed by atoms with Crippen molar-refractivity contribution in [2.24, 2.45) is 4.99 Å². The van der Waals surface area contributed by atoms with E-state index in [2.05, 4.69) is 29.2 Å². The van der Waals surface area contributed by atoms with Gasteiger partial charge >= 0.3 is 0 Å². The maximum atomic E-state index is 13.2. The number of halogens is 2. The summed E-state index contributed by atoms with van der Waals surface area (Å²) in [4.78, 5) is 7.05. The second-order valence-electron chi connectivity index (χ2n) is 7.26. The molecule has 0 spiro atoms. The van der Waals surface area contributed by atoms with Crippen molar-refractivity contribution in [2.45, 2.75) is 45.9 Å². The van der Waals surface area contributed by atoms with Gasteiger partial charge in [0, 0.05) is 32.4 Å². The summed E-state index contributed by atoms with van der Waals surface area (Å²) >= 11 is 0. The maximum Gasteiger partial charge on any atom is 0.194 e. The third-order valence-corrected chi connectivity index (χ3v) is 4.71. The van der Waals surface area contributed by atoms with E-state index >= 15 is 0 Å². The summed E-state index contributed by atoms with van der Waals surface area (Å²) in [5, 5.41) is 7.71. The number of aromatic nitrogens is 2. The molecule has 0 amide bonds. The van der Waals surface area contributed by atoms with Crippen LogP contribution >= 0.6 is 24.0 Å². The number of nitrogens with one attached hydrogen (secondary N) is 1. The zero-order chi connectivity index (χ0) is 19.9. The SMILES string of the molecule is CCNC(=NCCCn1cc(C)cn1)N1CC(C)OC(c2ccc(F)cc2)C1.I. The average Bonchev–Trinajstić information content (AvgIpc) is 3.09. The number of guanidine groups is 1. The lowest BCUT2D eigenvalue weighted by atomic mass is 10.1. The number of rotatable bonds is 6. The van der Waals surface area contributed by atoms with E-state index in [1.807, 2.05) is 24.0 Å². The maximum absolute atomic E-state index is 13.2. The number of ether oxygens (including phenoxy) is 1. The van der Waals surface area contributed by atoms with E-state index in [9.17, 15) is 4.39 Å². The highest BCUT2D eigenvalue weighted by Gasteiger charge is 2.28. The van der Waals surface area contributed by atoms with E-state index in [4.69, 9.17) is 9.73 Å². The Bertz CT molecular complexity index is 780. The molecule has 0 saturated carbocycles. The predicted octanol–water partition coefficient (Wildman–Crippen LogP) is 3.77. The number of nitrogens with zero attached hydrogens (tertiary/aromatic N) is 4. The largest absolute Gasteiger partial charge is 0.367 e. The van der Waals surface area contributed by atoms with E-state index in [1.165, 1.54) is 17.7 Å². The first-order valence-electron chi connectivity index (χ1n) is 9.98. The molecule has 2 aromatic rings. The van der Waals surface area contributed by atoms with Crippen molar-refractivity contribution in [1.82, 2.24) is 20.0 Å². The van der Waals surface area contributed by atoms with Crippen molar-refractivity contribution in [3.8, 4) is 0 Å². The van der Waals surface area contributed by atoms with Crippen molar-refractivity contribution < 1.29 is 9.13 Å². The number of aliphatic imine (C=N–C) groups is 1. The second kappa shape index (κ2) is 11.5. The first-order valence-corrected chi connectivity index (χ1v) is 9.98. The Kier molecular flexibility index (Phi) is 9.35. The van der Waals surface area contributed by atoms with Crippen LogP contribution in [0.2, 0.25) is 0 Å². The molecular weight excluding hydrogens is 484 g/mol. The van der Waals surface area contributed by atoms with Gasteiger partial charge in [-0.15, -0.1) is 24.0 Å². The number of benzene rings is 1. The summed E-state index contributed by atoms with van der Waals surface area (Å²) in [5.74, 6) is 0.674. The van der Waals surface area contributed by atoms with Crippen LogP contribution in [0, 0.1) is 12.7 Å². The molecule has 1 aliphatic heterocycles. The zero-order valence-corrected chi connectivity index (χ0v) is 19.7. The predicted molar refractivity (Wildman–Crippen MR) is 124 cm³/mol. The Morgan fingerprint density at radius 2 is 2.07 bits per heavy atom. The Labute approximate surface area is 189 Å². The van der Waals surface area contributed by atoms with Crippen molar-refractivity contribution >= 4 is 29.9 Å². The van der Waals surface area contributed by atoms with Crippen LogP contribution in [0.4, 0.5) is 4.39 Å². The lowest BCUT2D eigenvalue weighted by Gasteiger charge is -2.38. The smallest absolute Gasteiger partial charge is 0.194 e. The molecule has 0 aliphatic carbocycles. The van der Waals surface area contributed by atoms with Gasteiger partial charge in [0.15, 0.2) is 5.96 Å². The third kappa shape index (κ3) is 6.95. The summed E-state index contributed by atoms with van der Waals surface area (Å²) in [5.41, 5.74) is 2.16. The molecule has 1 fully saturated rings. The monoisotopic (exact) mass is 515 g/mol. The van der Waals surface area contributed by atoms with Gasteiger partial charge in [-0.25, -0.2) is 4.39 Å². The Balaban J connectivity index is 0.00000300. The molecule has 29 heavy (non-hydrogen) atoms. The van der Waals surface area contributed by atoms with Gasteiger partial charge in [-0.3, -0.25) is 9.67 Å². The molecule has 1 saturated heterocycles. The van der Waals surface area contributed by atoms with Crippen LogP contribution in [-0.4, -0.2) is 52.9 Å². The first-order chi connectivity index (χ1) is 13.5. The number of morpholine rings is 1. The first kappa shape index (κ1) is 23.6. The minimum atomic E-state index is -0.230. The quantitative estimate of drug-likeness (QED) is 0.276. The third-order valence-electron chi connectivity index (χ3n) is 4.71. The van der Waals surface area contributed by atoms with Gasteiger partial charge in [0.2, 0.25) is 0 Å². The van der Waals surface area contributed by atoms with Crippen molar-refractivity contribution in [3.05, 3.63) is 53.6 Å². The lowest BCUT2D eigenvalue weighted by molar-refractivity contribution is -0.0605. The fraction of sp³-hybridized carbons (Fsp3) is 0.524. The van der Waals surface area contributed by atoms with Crippen molar-refractivity contribution in [3.63, 3.8) is 0 Å². The molecule has 1 aromatic carbocycles. The molecule has 3 rings (SSSR count). The zero-order valence-electron chi connectivity index (χ0n) is 17.3. The summed E-state index contributed by atoms with van der Waals surface area (Å²) in [7, 11) is 0. The van der Waals surface area contributed by atoms with E-state index in [0.717, 1.165) is 44.1 Å². The van der Waals surface area contributed by atoms with Crippen LogP contribution in [0.15, 0.2) is 41.7 Å². The van der Waals surface area contributed by atoms with Gasteiger partial charge in [-0.2, -0.15) is 5.10 Å². The van der Waals surface area contributed by atoms with Gasteiger partial charge in [-0.1, -0.05) is 12.1 Å². The Morgan fingerprint density at radius 3 is 2.72 bits per heavy atom. The van der Waals surface area contributed by atoms with E-state index < -0.39 is 0 Å². The molecule has 0 bridgehead atoms. The standard InChI is InChI=1S/C21H30FN5O.HI/c1-4-23-21(24-10-5-11-27-13-16(2)12-25-27)26-14-17(3)28-20(15-26)18-6-8-19(22)9-7-18;/h6-9,12-13,17,20H,4-5,10-11,14-15H2,1-3H3,(H,23,24);1H. The molecule has 1 N–H and O–H groups in total. The number of hydrogen-bond acceptors (Lipinski definition) is 3. The van der Waals surface area contributed by atoms with E-state index in [-0.39, 0.29) is 42.0 Å². The van der Waals surface area contributed by atoms with E-state index in [1.54, 1.807) is 12.1 Å². The molecule has 0 radical (unpaired) electrons. The normalized spacial score (nSPS) is 19.7. The van der Waals surface area contributed by atoms with Crippen molar-refractivity contribution in [2.75, 3.05) is 26.2 Å².